The summed E-state index contributed by atoms with van der Waals surface area (Å²) in [6.07, 6.45) is 2.20. The number of nitrogens with one attached hydrogen (secondary N) is 1. The van der Waals surface area contributed by atoms with E-state index in [0.29, 0.717) is 5.92 Å². The third kappa shape index (κ3) is 3.11. The summed E-state index contributed by atoms with van der Waals surface area (Å²) in [4.78, 5) is 0. The lowest BCUT2D eigenvalue weighted by Crippen LogP contribution is -2.42. The Morgan fingerprint density at radius 3 is 2.89 bits per heavy atom. The highest BCUT2D eigenvalue weighted by atomic mass is 79.9. The molecule has 3 unspecified atom stereocenters. The van der Waals surface area contributed by atoms with Crippen LogP contribution in [0.25, 0.3) is 0 Å². The SMILES string of the molecule is CNC(Cc1ccc(F)cc1Br)C1OCCC1C. The summed E-state index contributed by atoms with van der Waals surface area (Å²) >= 11 is 3.42. The Hall–Kier alpha value is -0.450. The van der Waals surface area contributed by atoms with Gasteiger partial charge in [0.25, 0.3) is 0 Å². The largest absolute Gasteiger partial charge is 0.376 e. The standard InChI is InChI=1S/C14H19BrFNO/c1-9-5-6-18-14(9)13(17-2)7-10-3-4-11(16)8-12(10)15/h3-4,8-9,13-14,17H,5-7H2,1-2H3. The molecule has 1 saturated heterocycles. The molecule has 0 aromatic heterocycles. The highest BCUT2D eigenvalue weighted by Gasteiger charge is 2.31. The van der Waals surface area contributed by atoms with Crippen molar-refractivity contribution in [3.8, 4) is 0 Å². The van der Waals surface area contributed by atoms with Crippen LogP contribution in [0.2, 0.25) is 0 Å². The van der Waals surface area contributed by atoms with Crippen LogP contribution in [-0.4, -0.2) is 25.8 Å². The quantitative estimate of drug-likeness (QED) is 0.921. The summed E-state index contributed by atoms with van der Waals surface area (Å²) in [7, 11) is 1.95. The molecule has 0 amide bonds. The van der Waals surface area contributed by atoms with Crippen molar-refractivity contribution in [3.63, 3.8) is 0 Å². The molecule has 1 fully saturated rings. The van der Waals surface area contributed by atoms with Crippen molar-refractivity contribution in [2.24, 2.45) is 5.92 Å². The number of benzene rings is 1. The molecule has 0 aliphatic carbocycles. The first-order chi connectivity index (χ1) is 8.61. The maximum atomic E-state index is 13.1. The average molecular weight is 316 g/mol. The molecule has 0 radical (unpaired) electrons. The van der Waals surface area contributed by atoms with Gasteiger partial charge in [-0.05, 0) is 43.5 Å². The first kappa shape index (κ1) is 14.0. The van der Waals surface area contributed by atoms with Crippen LogP contribution in [0.15, 0.2) is 22.7 Å². The molecular formula is C14H19BrFNO. The second kappa shape index (κ2) is 6.13. The summed E-state index contributed by atoms with van der Waals surface area (Å²) in [5.41, 5.74) is 1.11. The third-order valence-corrected chi connectivity index (χ3v) is 4.40. The third-order valence-electron chi connectivity index (χ3n) is 3.67. The minimum atomic E-state index is -0.211. The lowest BCUT2D eigenvalue weighted by Gasteiger charge is -2.26. The molecule has 1 aromatic rings. The molecule has 0 spiro atoms. The molecule has 2 rings (SSSR count). The van der Waals surface area contributed by atoms with Crippen LogP contribution in [0.3, 0.4) is 0 Å². The fourth-order valence-corrected chi connectivity index (χ4v) is 3.05. The predicted molar refractivity (Wildman–Crippen MR) is 74.2 cm³/mol. The fourth-order valence-electron chi connectivity index (χ4n) is 2.54. The molecule has 3 atom stereocenters. The van der Waals surface area contributed by atoms with Crippen molar-refractivity contribution in [2.75, 3.05) is 13.7 Å². The van der Waals surface area contributed by atoms with Gasteiger partial charge in [0, 0.05) is 17.1 Å². The van der Waals surface area contributed by atoms with Crippen LogP contribution in [0, 0.1) is 11.7 Å². The van der Waals surface area contributed by atoms with Gasteiger partial charge >= 0.3 is 0 Å². The molecular weight excluding hydrogens is 297 g/mol. The predicted octanol–water partition coefficient (Wildman–Crippen LogP) is 3.14. The molecule has 0 saturated carbocycles. The van der Waals surface area contributed by atoms with Crippen LogP contribution < -0.4 is 5.32 Å². The zero-order valence-electron chi connectivity index (χ0n) is 10.7. The van der Waals surface area contributed by atoms with E-state index in [1.54, 1.807) is 0 Å². The second-order valence-corrected chi connectivity index (χ2v) is 5.79. The summed E-state index contributed by atoms with van der Waals surface area (Å²) in [6.45, 7) is 3.07. The van der Waals surface area contributed by atoms with Gasteiger partial charge in [0.05, 0.1) is 6.10 Å². The summed E-state index contributed by atoms with van der Waals surface area (Å²) in [5.74, 6) is 0.360. The highest BCUT2D eigenvalue weighted by Crippen LogP contribution is 2.26. The minimum Gasteiger partial charge on any atom is -0.376 e. The zero-order valence-corrected chi connectivity index (χ0v) is 12.3. The first-order valence-electron chi connectivity index (χ1n) is 6.34. The van der Waals surface area contributed by atoms with Gasteiger partial charge in [-0.3, -0.25) is 0 Å². The van der Waals surface area contributed by atoms with Crippen molar-refractivity contribution in [2.45, 2.75) is 31.9 Å². The van der Waals surface area contributed by atoms with Gasteiger partial charge in [-0.2, -0.15) is 0 Å². The van der Waals surface area contributed by atoms with Crippen molar-refractivity contribution >= 4 is 15.9 Å². The Morgan fingerprint density at radius 2 is 2.33 bits per heavy atom. The van der Waals surface area contributed by atoms with E-state index in [2.05, 4.69) is 28.2 Å². The molecule has 4 heteroatoms. The number of ether oxygens (including phenoxy) is 1. The van der Waals surface area contributed by atoms with E-state index in [-0.39, 0.29) is 18.0 Å². The molecule has 100 valence electrons. The summed E-state index contributed by atoms with van der Waals surface area (Å²) in [5, 5.41) is 3.33. The monoisotopic (exact) mass is 315 g/mol. The van der Waals surface area contributed by atoms with Crippen LogP contribution in [0.1, 0.15) is 18.9 Å². The van der Waals surface area contributed by atoms with Crippen molar-refractivity contribution in [1.29, 1.82) is 0 Å². The first-order valence-corrected chi connectivity index (χ1v) is 7.14. The van der Waals surface area contributed by atoms with Crippen molar-refractivity contribution in [1.82, 2.24) is 5.32 Å². The van der Waals surface area contributed by atoms with Crippen LogP contribution in [0.4, 0.5) is 4.39 Å². The van der Waals surface area contributed by atoms with Gasteiger partial charge in [0.2, 0.25) is 0 Å². The Morgan fingerprint density at radius 1 is 1.56 bits per heavy atom. The van der Waals surface area contributed by atoms with Crippen LogP contribution in [-0.2, 0) is 11.2 Å². The van der Waals surface area contributed by atoms with Gasteiger partial charge in [-0.25, -0.2) is 4.39 Å². The summed E-state index contributed by atoms with van der Waals surface area (Å²) in [6, 6.07) is 5.13. The van der Waals surface area contributed by atoms with Gasteiger partial charge in [0.15, 0.2) is 0 Å². The topological polar surface area (TPSA) is 21.3 Å². The van der Waals surface area contributed by atoms with Gasteiger partial charge in [0.1, 0.15) is 5.82 Å². The van der Waals surface area contributed by atoms with Gasteiger partial charge in [-0.1, -0.05) is 28.9 Å². The maximum Gasteiger partial charge on any atom is 0.124 e. The number of rotatable bonds is 4. The summed E-state index contributed by atoms with van der Waals surface area (Å²) < 4.78 is 19.7. The fraction of sp³-hybridized carbons (Fsp3) is 0.571. The Bertz CT molecular complexity index is 413. The van der Waals surface area contributed by atoms with E-state index in [4.69, 9.17) is 4.74 Å². The highest BCUT2D eigenvalue weighted by molar-refractivity contribution is 9.10. The van der Waals surface area contributed by atoms with Crippen molar-refractivity contribution < 1.29 is 9.13 Å². The Labute approximate surface area is 116 Å². The lowest BCUT2D eigenvalue weighted by atomic mass is 9.93. The molecule has 1 heterocycles. The van der Waals surface area contributed by atoms with E-state index in [0.717, 1.165) is 29.5 Å². The molecule has 0 bridgehead atoms. The van der Waals surface area contributed by atoms with E-state index >= 15 is 0 Å². The molecule has 18 heavy (non-hydrogen) atoms. The molecule has 1 aromatic carbocycles. The number of likely N-dealkylation sites (N-methyl/N-ethyl adjacent to an activating group) is 1. The molecule has 2 nitrogen and oxygen atoms in total. The zero-order chi connectivity index (χ0) is 13.1. The molecule has 1 aliphatic heterocycles. The van der Waals surface area contributed by atoms with E-state index < -0.39 is 0 Å². The maximum absolute atomic E-state index is 13.1. The smallest absolute Gasteiger partial charge is 0.124 e. The van der Waals surface area contributed by atoms with Crippen LogP contribution >= 0.6 is 15.9 Å². The van der Waals surface area contributed by atoms with E-state index in [9.17, 15) is 4.39 Å². The molecule has 1 aliphatic rings. The number of hydrogen-bond donors (Lipinski definition) is 1. The van der Waals surface area contributed by atoms with Crippen LogP contribution in [0.5, 0.6) is 0 Å². The van der Waals surface area contributed by atoms with E-state index in [1.165, 1.54) is 12.1 Å². The molecule has 1 N–H and O–H groups in total. The number of halogens is 2. The Balaban J connectivity index is 2.10. The van der Waals surface area contributed by atoms with Gasteiger partial charge < -0.3 is 10.1 Å². The van der Waals surface area contributed by atoms with Gasteiger partial charge in [-0.15, -0.1) is 0 Å². The number of hydrogen-bond acceptors (Lipinski definition) is 2. The normalized spacial score (nSPS) is 25.3. The lowest BCUT2D eigenvalue weighted by molar-refractivity contribution is 0.0633. The Kier molecular flexibility index (Phi) is 4.76. The van der Waals surface area contributed by atoms with E-state index in [1.807, 2.05) is 13.1 Å². The second-order valence-electron chi connectivity index (χ2n) is 4.94. The average Bonchev–Trinajstić information content (AvgIpc) is 2.75. The minimum absolute atomic E-state index is 0.211. The van der Waals surface area contributed by atoms with Crippen molar-refractivity contribution in [3.05, 3.63) is 34.1 Å².